The van der Waals surface area contributed by atoms with E-state index in [1.807, 2.05) is 56.3 Å². The molecule has 0 fully saturated rings. The molecule has 0 aliphatic carbocycles. The first-order chi connectivity index (χ1) is 16.4. The first kappa shape index (κ1) is 23.0. The van der Waals surface area contributed by atoms with Gasteiger partial charge >= 0.3 is 0 Å². The van der Waals surface area contributed by atoms with E-state index in [2.05, 4.69) is 22.4 Å². The van der Waals surface area contributed by atoms with Gasteiger partial charge in [-0.3, -0.25) is 4.79 Å². The normalized spacial score (nSPS) is 10.4. The Morgan fingerprint density at radius 1 is 1.00 bits per heavy atom. The van der Waals surface area contributed by atoms with Crippen LogP contribution in [0.4, 0.5) is 10.8 Å². The lowest BCUT2D eigenvalue weighted by atomic mass is 10.1. The maximum atomic E-state index is 12.3. The van der Waals surface area contributed by atoms with E-state index in [4.69, 9.17) is 9.47 Å². The van der Waals surface area contributed by atoms with Crippen LogP contribution in [-0.2, 0) is 6.61 Å². The Labute approximate surface area is 202 Å². The summed E-state index contributed by atoms with van der Waals surface area (Å²) in [6, 6.07) is 22.6. The van der Waals surface area contributed by atoms with Crippen molar-refractivity contribution in [1.29, 1.82) is 5.26 Å². The Balaban J connectivity index is 1.59. The minimum atomic E-state index is -0.326. The topological polar surface area (TPSA) is 84.2 Å². The predicted molar refractivity (Wildman–Crippen MR) is 135 cm³/mol. The lowest BCUT2D eigenvalue weighted by Crippen LogP contribution is -2.06. The highest BCUT2D eigenvalue weighted by Gasteiger charge is 2.12. The second-order valence-electron chi connectivity index (χ2n) is 7.79. The van der Waals surface area contributed by atoms with Crippen LogP contribution < -0.4 is 20.3 Å². The van der Waals surface area contributed by atoms with Crippen molar-refractivity contribution in [3.63, 3.8) is 0 Å². The molecule has 34 heavy (non-hydrogen) atoms. The average Bonchev–Trinajstić information content (AvgIpc) is 2.81. The summed E-state index contributed by atoms with van der Waals surface area (Å²) in [6.45, 7) is 4.30. The van der Waals surface area contributed by atoms with Crippen LogP contribution in [0.1, 0.15) is 22.3 Å². The molecular weight excluding hydrogens is 446 g/mol. The third-order valence-corrected chi connectivity index (χ3v) is 6.08. The molecule has 0 spiro atoms. The first-order valence-electron chi connectivity index (χ1n) is 10.6. The lowest BCUT2D eigenvalue weighted by molar-refractivity contribution is 0.284. The second kappa shape index (κ2) is 10.2. The van der Waals surface area contributed by atoms with E-state index in [0.717, 1.165) is 32.8 Å². The van der Waals surface area contributed by atoms with Gasteiger partial charge in [0.05, 0.1) is 18.7 Å². The number of rotatable bonds is 7. The summed E-state index contributed by atoms with van der Waals surface area (Å²) in [7, 11) is 1.57. The van der Waals surface area contributed by atoms with Gasteiger partial charge in [0.1, 0.15) is 6.61 Å². The largest absolute Gasteiger partial charge is 0.493 e. The molecule has 0 atom stereocenters. The van der Waals surface area contributed by atoms with Gasteiger partial charge in [-0.25, -0.2) is 0 Å². The Morgan fingerprint density at radius 3 is 2.50 bits per heavy atom. The van der Waals surface area contributed by atoms with Gasteiger partial charge in [-0.05, 0) is 66.9 Å². The third-order valence-electron chi connectivity index (χ3n) is 5.12. The number of aryl methyl sites for hydroxylation is 2. The van der Waals surface area contributed by atoms with Crippen LogP contribution in [0.2, 0.25) is 0 Å². The molecule has 3 aromatic carbocycles. The summed E-state index contributed by atoms with van der Waals surface area (Å²) >= 11 is 1.38. The van der Waals surface area contributed by atoms with Gasteiger partial charge in [0.15, 0.2) is 16.6 Å². The zero-order chi connectivity index (χ0) is 24.1. The first-order valence-corrected chi connectivity index (χ1v) is 11.4. The molecular formula is C27H23N3O3S. The van der Waals surface area contributed by atoms with Gasteiger partial charge in [-0.15, -0.1) is 0 Å². The summed E-state index contributed by atoms with van der Waals surface area (Å²) in [6.07, 6.45) is 0. The zero-order valence-corrected chi connectivity index (χ0v) is 19.9. The predicted octanol–water partition coefficient (Wildman–Crippen LogP) is 5.99. The highest BCUT2D eigenvalue weighted by atomic mass is 32.1. The van der Waals surface area contributed by atoms with Crippen molar-refractivity contribution in [3.8, 4) is 28.0 Å². The molecule has 0 saturated heterocycles. The van der Waals surface area contributed by atoms with Crippen LogP contribution in [0.25, 0.3) is 10.4 Å². The highest BCUT2D eigenvalue weighted by molar-refractivity contribution is 7.18. The molecule has 0 amide bonds. The highest BCUT2D eigenvalue weighted by Crippen LogP contribution is 2.35. The number of nitrogens with zero attached hydrogens (tertiary/aromatic N) is 2. The van der Waals surface area contributed by atoms with E-state index in [-0.39, 0.29) is 12.2 Å². The quantitative estimate of drug-likeness (QED) is 0.358. The number of anilines is 2. The Kier molecular flexibility index (Phi) is 6.90. The van der Waals surface area contributed by atoms with Gasteiger partial charge in [0, 0.05) is 22.2 Å². The van der Waals surface area contributed by atoms with Crippen LogP contribution in [0.5, 0.6) is 11.5 Å². The fourth-order valence-corrected chi connectivity index (χ4v) is 4.54. The molecule has 4 aromatic rings. The number of nitriles is 1. The van der Waals surface area contributed by atoms with Gasteiger partial charge < -0.3 is 14.8 Å². The standard InChI is InChI=1S/C27H23N3O3S/c1-17-10-18(2)12-22(11-17)29-27-30-26(31)14-25(34-27)19-8-9-23(24(13-19)32-3)33-16-21-7-5-4-6-20(21)15-28/h4-14H,16H2,1-3H3,(H,29,30,31). The summed E-state index contributed by atoms with van der Waals surface area (Å²) in [5.74, 6) is 1.08. The smallest absolute Gasteiger partial charge is 0.273 e. The van der Waals surface area contributed by atoms with Crippen LogP contribution in [0.3, 0.4) is 0 Å². The van der Waals surface area contributed by atoms with Gasteiger partial charge in [-0.2, -0.15) is 10.2 Å². The second-order valence-corrected chi connectivity index (χ2v) is 8.82. The molecule has 0 bridgehead atoms. The minimum absolute atomic E-state index is 0.242. The van der Waals surface area contributed by atoms with Crippen molar-refractivity contribution in [2.24, 2.45) is 0 Å². The van der Waals surface area contributed by atoms with E-state index in [1.165, 1.54) is 17.4 Å². The molecule has 1 heterocycles. The molecule has 7 heteroatoms. The molecule has 0 aliphatic heterocycles. The number of aromatic nitrogens is 1. The minimum Gasteiger partial charge on any atom is -0.493 e. The number of methoxy groups -OCH3 is 1. The van der Waals surface area contributed by atoms with Crippen molar-refractivity contribution >= 4 is 22.2 Å². The van der Waals surface area contributed by atoms with Crippen molar-refractivity contribution in [3.05, 3.63) is 99.3 Å². The summed E-state index contributed by atoms with van der Waals surface area (Å²) in [5, 5.41) is 13.0. The maximum Gasteiger partial charge on any atom is 0.273 e. The SMILES string of the molecule is COc1cc(-c2cc(=O)nc(Nc3cc(C)cc(C)c3)s2)ccc1OCc1ccccc1C#N. The molecule has 0 aliphatic rings. The molecule has 6 nitrogen and oxygen atoms in total. The maximum absolute atomic E-state index is 12.3. The van der Waals surface area contributed by atoms with Crippen LogP contribution in [0.15, 0.2) is 71.5 Å². The van der Waals surface area contributed by atoms with Crippen LogP contribution in [-0.4, -0.2) is 12.1 Å². The monoisotopic (exact) mass is 469 g/mol. The summed E-state index contributed by atoms with van der Waals surface area (Å²) < 4.78 is 11.5. The fourth-order valence-electron chi connectivity index (χ4n) is 3.62. The fraction of sp³-hybridized carbons (Fsp3) is 0.148. The number of nitrogens with one attached hydrogen (secondary N) is 1. The Bertz CT molecular complexity index is 1420. The van der Waals surface area contributed by atoms with E-state index < -0.39 is 0 Å². The summed E-state index contributed by atoms with van der Waals surface area (Å²) in [5.41, 5.74) is 5.00. The van der Waals surface area contributed by atoms with Gasteiger partial charge in [0.25, 0.3) is 5.56 Å². The van der Waals surface area contributed by atoms with Gasteiger partial charge in [-0.1, -0.05) is 35.6 Å². The molecule has 0 unspecified atom stereocenters. The van der Waals surface area contributed by atoms with Crippen molar-refractivity contribution in [1.82, 2.24) is 4.98 Å². The van der Waals surface area contributed by atoms with E-state index in [0.29, 0.717) is 22.2 Å². The van der Waals surface area contributed by atoms with Crippen LogP contribution in [0, 0.1) is 25.2 Å². The van der Waals surface area contributed by atoms with E-state index in [1.54, 1.807) is 19.2 Å². The van der Waals surface area contributed by atoms with Crippen molar-refractivity contribution < 1.29 is 9.47 Å². The molecule has 1 N–H and O–H groups in total. The molecule has 4 rings (SSSR count). The summed E-state index contributed by atoms with van der Waals surface area (Å²) in [4.78, 5) is 17.2. The Hall–Kier alpha value is -4.15. The van der Waals surface area contributed by atoms with Gasteiger partial charge in [0.2, 0.25) is 0 Å². The van der Waals surface area contributed by atoms with Crippen molar-refractivity contribution in [2.75, 3.05) is 12.4 Å². The molecule has 1 aromatic heterocycles. The number of benzene rings is 3. The Morgan fingerprint density at radius 2 is 1.76 bits per heavy atom. The molecule has 0 radical (unpaired) electrons. The molecule has 170 valence electrons. The third kappa shape index (κ3) is 5.42. The number of ether oxygens (including phenoxy) is 2. The molecule has 0 saturated carbocycles. The number of hydrogen-bond acceptors (Lipinski definition) is 7. The van der Waals surface area contributed by atoms with E-state index >= 15 is 0 Å². The zero-order valence-electron chi connectivity index (χ0n) is 19.1. The van der Waals surface area contributed by atoms with Crippen molar-refractivity contribution in [2.45, 2.75) is 20.5 Å². The number of hydrogen-bond donors (Lipinski definition) is 1. The van der Waals surface area contributed by atoms with E-state index in [9.17, 15) is 10.1 Å². The van der Waals surface area contributed by atoms with Crippen LogP contribution >= 0.6 is 11.3 Å². The lowest BCUT2D eigenvalue weighted by Gasteiger charge is -2.13. The average molecular weight is 470 g/mol.